The van der Waals surface area contributed by atoms with Crippen molar-refractivity contribution in [3.63, 3.8) is 0 Å². The van der Waals surface area contributed by atoms with Crippen molar-refractivity contribution in [3.05, 3.63) is 64.2 Å². The van der Waals surface area contributed by atoms with E-state index < -0.39 is 31.6 Å². The van der Waals surface area contributed by atoms with E-state index in [1.807, 2.05) is 6.07 Å². The van der Waals surface area contributed by atoms with E-state index in [1.54, 1.807) is 0 Å². The molecule has 146 valence electrons. The molecule has 0 spiro atoms. The van der Waals surface area contributed by atoms with Gasteiger partial charge in [0.25, 0.3) is 0 Å². The monoisotopic (exact) mass is 414 g/mol. The minimum atomic E-state index is -4.07. The van der Waals surface area contributed by atoms with Crippen LogP contribution in [0.25, 0.3) is 0 Å². The van der Waals surface area contributed by atoms with Crippen LogP contribution >= 0.6 is 11.6 Å². The number of hydrogen-bond acceptors (Lipinski definition) is 3. The normalized spacial score (nSPS) is 14.9. The van der Waals surface area contributed by atoms with Crippen molar-refractivity contribution in [2.45, 2.75) is 30.7 Å². The van der Waals surface area contributed by atoms with Gasteiger partial charge in [0.2, 0.25) is 10.0 Å². The molecule has 0 saturated heterocycles. The highest BCUT2D eigenvalue weighted by atomic mass is 35.5. The quantitative estimate of drug-likeness (QED) is 0.554. The van der Waals surface area contributed by atoms with Gasteiger partial charge in [-0.1, -0.05) is 35.9 Å². The van der Waals surface area contributed by atoms with Crippen LogP contribution in [-0.4, -0.2) is 33.0 Å². The molecule has 4 nitrogen and oxygen atoms in total. The van der Waals surface area contributed by atoms with Crippen LogP contribution in [0.3, 0.4) is 0 Å². The summed E-state index contributed by atoms with van der Waals surface area (Å²) in [5.74, 6) is -2.15. The fourth-order valence-corrected chi connectivity index (χ4v) is 4.59. The SMILES string of the molecule is O=S(=O)(NCCCCN1CCc2ccccc2C1)c1cc(Cl)c(F)cc1F. The maximum atomic E-state index is 13.7. The topological polar surface area (TPSA) is 49.4 Å². The summed E-state index contributed by atoms with van der Waals surface area (Å²) in [6, 6.07) is 9.65. The van der Waals surface area contributed by atoms with E-state index in [0.717, 1.165) is 38.5 Å². The molecule has 0 radical (unpaired) electrons. The van der Waals surface area contributed by atoms with Gasteiger partial charge in [0, 0.05) is 25.7 Å². The third-order valence-electron chi connectivity index (χ3n) is 4.67. The Morgan fingerprint density at radius 3 is 2.59 bits per heavy atom. The van der Waals surface area contributed by atoms with Gasteiger partial charge in [-0.05, 0) is 43.0 Å². The number of nitrogens with one attached hydrogen (secondary N) is 1. The number of rotatable bonds is 7. The summed E-state index contributed by atoms with van der Waals surface area (Å²) in [4.78, 5) is 1.71. The van der Waals surface area contributed by atoms with Gasteiger partial charge in [-0.15, -0.1) is 0 Å². The zero-order chi connectivity index (χ0) is 19.4. The van der Waals surface area contributed by atoms with Crippen LogP contribution in [0.2, 0.25) is 5.02 Å². The van der Waals surface area contributed by atoms with Crippen LogP contribution < -0.4 is 4.72 Å². The predicted molar refractivity (Wildman–Crippen MR) is 101 cm³/mol. The molecule has 0 saturated carbocycles. The summed E-state index contributed by atoms with van der Waals surface area (Å²) in [5, 5.41) is -0.429. The Bertz CT molecular complexity index is 922. The van der Waals surface area contributed by atoms with E-state index in [1.165, 1.54) is 11.1 Å². The molecule has 1 aliphatic rings. The molecule has 1 aliphatic heterocycles. The van der Waals surface area contributed by atoms with Gasteiger partial charge >= 0.3 is 0 Å². The first-order chi connectivity index (χ1) is 12.9. The Morgan fingerprint density at radius 2 is 1.81 bits per heavy atom. The Morgan fingerprint density at radius 1 is 1.07 bits per heavy atom. The van der Waals surface area contributed by atoms with Crippen LogP contribution in [0.15, 0.2) is 41.3 Å². The highest BCUT2D eigenvalue weighted by Gasteiger charge is 2.21. The molecule has 3 rings (SSSR count). The van der Waals surface area contributed by atoms with Crippen molar-refractivity contribution >= 4 is 21.6 Å². The van der Waals surface area contributed by atoms with Crippen molar-refractivity contribution in [2.75, 3.05) is 19.6 Å². The van der Waals surface area contributed by atoms with Crippen molar-refractivity contribution in [3.8, 4) is 0 Å². The number of halogens is 3. The summed E-state index contributed by atoms with van der Waals surface area (Å²) in [6.45, 7) is 2.94. The molecule has 0 amide bonds. The van der Waals surface area contributed by atoms with Gasteiger partial charge < -0.3 is 0 Å². The highest BCUT2D eigenvalue weighted by Crippen LogP contribution is 2.23. The standard InChI is InChI=1S/C19H21ClF2N2O2S/c20-16-11-19(18(22)12-17(16)21)27(25,26)23-8-3-4-9-24-10-7-14-5-1-2-6-15(14)13-24/h1-2,5-6,11-12,23H,3-4,7-10,13H2. The van der Waals surface area contributed by atoms with E-state index in [4.69, 9.17) is 11.6 Å². The number of unbranched alkanes of at least 4 members (excludes halogenated alkanes) is 1. The van der Waals surface area contributed by atoms with Gasteiger partial charge in [0.1, 0.15) is 16.5 Å². The van der Waals surface area contributed by atoms with Crippen LogP contribution in [0, 0.1) is 11.6 Å². The Kier molecular flexibility index (Phi) is 6.47. The molecule has 0 atom stereocenters. The second-order valence-corrected chi connectivity index (χ2v) is 8.74. The Labute approximate surface area is 163 Å². The van der Waals surface area contributed by atoms with Gasteiger partial charge in [-0.3, -0.25) is 4.90 Å². The van der Waals surface area contributed by atoms with E-state index in [2.05, 4.69) is 27.8 Å². The number of sulfonamides is 1. The third kappa shape index (κ3) is 5.04. The zero-order valence-corrected chi connectivity index (χ0v) is 16.3. The maximum absolute atomic E-state index is 13.7. The molecule has 27 heavy (non-hydrogen) atoms. The molecule has 8 heteroatoms. The second kappa shape index (κ2) is 8.65. The Balaban J connectivity index is 1.46. The number of fused-ring (bicyclic) bond motifs is 1. The smallest absolute Gasteiger partial charge is 0.243 e. The molecule has 0 fully saturated rings. The lowest BCUT2D eigenvalue weighted by atomic mass is 10.00. The molecule has 1 heterocycles. The first kappa shape index (κ1) is 20.2. The molecule has 0 aromatic heterocycles. The number of nitrogens with zero attached hydrogens (tertiary/aromatic N) is 1. The van der Waals surface area contributed by atoms with Crippen molar-refractivity contribution in [2.24, 2.45) is 0 Å². The predicted octanol–water partition coefficient (Wildman–Crippen LogP) is 3.74. The molecular weight excluding hydrogens is 394 g/mol. The van der Waals surface area contributed by atoms with Crippen molar-refractivity contribution < 1.29 is 17.2 Å². The van der Waals surface area contributed by atoms with Gasteiger partial charge in [0.15, 0.2) is 0 Å². The number of benzene rings is 2. The lowest BCUT2D eigenvalue weighted by Crippen LogP contribution is -2.32. The average Bonchev–Trinajstić information content (AvgIpc) is 2.64. The lowest BCUT2D eigenvalue weighted by Gasteiger charge is -2.28. The van der Waals surface area contributed by atoms with E-state index in [0.29, 0.717) is 12.5 Å². The van der Waals surface area contributed by atoms with Gasteiger partial charge in [-0.2, -0.15) is 0 Å². The lowest BCUT2D eigenvalue weighted by molar-refractivity contribution is 0.249. The van der Waals surface area contributed by atoms with Crippen LogP contribution in [0.4, 0.5) is 8.78 Å². The van der Waals surface area contributed by atoms with E-state index >= 15 is 0 Å². The molecule has 0 aliphatic carbocycles. The molecule has 1 N–H and O–H groups in total. The third-order valence-corrected chi connectivity index (χ3v) is 6.43. The van der Waals surface area contributed by atoms with Gasteiger partial charge in [0.05, 0.1) is 5.02 Å². The minimum absolute atomic E-state index is 0.182. The molecule has 0 unspecified atom stereocenters. The minimum Gasteiger partial charge on any atom is -0.299 e. The highest BCUT2D eigenvalue weighted by molar-refractivity contribution is 7.89. The maximum Gasteiger partial charge on any atom is 0.243 e. The average molecular weight is 415 g/mol. The summed E-state index contributed by atoms with van der Waals surface area (Å²) in [6.07, 6.45) is 2.46. The molecule has 0 bridgehead atoms. The summed E-state index contributed by atoms with van der Waals surface area (Å²) in [7, 11) is -4.07. The first-order valence-electron chi connectivity index (χ1n) is 8.80. The summed E-state index contributed by atoms with van der Waals surface area (Å²) in [5.41, 5.74) is 2.73. The first-order valence-corrected chi connectivity index (χ1v) is 10.7. The largest absolute Gasteiger partial charge is 0.299 e. The fourth-order valence-electron chi connectivity index (χ4n) is 3.20. The second-order valence-electron chi connectivity index (χ2n) is 6.60. The number of hydrogen-bond donors (Lipinski definition) is 1. The molecule has 2 aromatic carbocycles. The van der Waals surface area contributed by atoms with Gasteiger partial charge in [-0.25, -0.2) is 21.9 Å². The van der Waals surface area contributed by atoms with E-state index in [9.17, 15) is 17.2 Å². The van der Waals surface area contributed by atoms with Crippen molar-refractivity contribution in [1.29, 1.82) is 0 Å². The fraction of sp³-hybridized carbons (Fsp3) is 0.368. The van der Waals surface area contributed by atoms with Crippen LogP contribution in [-0.2, 0) is 23.0 Å². The van der Waals surface area contributed by atoms with E-state index in [-0.39, 0.29) is 6.54 Å². The van der Waals surface area contributed by atoms with Crippen LogP contribution in [0.5, 0.6) is 0 Å². The molecular formula is C19H21ClF2N2O2S. The zero-order valence-electron chi connectivity index (χ0n) is 14.7. The van der Waals surface area contributed by atoms with Crippen LogP contribution in [0.1, 0.15) is 24.0 Å². The Hall–Kier alpha value is -1.54. The van der Waals surface area contributed by atoms with Crippen molar-refractivity contribution in [1.82, 2.24) is 9.62 Å². The summed E-state index contributed by atoms with van der Waals surface area (Å²) < 4.78 is 53.6. The molecule has 2 aromatic rings. The summed E-state index contributed by atoms with van der Waals surface area (Å²) >= 11 is 5.56.